The lowest BCUT2D eigenvalue weighted by Gasteiger charge is -2.39. The van der Waals surface area contributed by atoms with Crippen LogP contribution in [0, 0.1) is 3.57 Å². The van der Waals surface area contributed by atoms with Gasteiger partial charge in [-0.05, 0) is 40.8 Å². The van der Waals surface area contributed by atoms with E-state index in [0.717, 1.165) is 3.57 Å². The summed E-state index contributed by atoms with van der Waals surface area (Å²) in [4.78, 5) is 34.5. The Hall–Kier alpha value is -1.49. The molecule has 0 N–H and O–H groups in total. The van der Waals surface area contributed by atoms with Crippen LogP contribution in [0.25, 0.3) is 0 Å². The summed E-state index contributed by atoms with van der Waals surface area (Å²) in [5, 5.41) is 0. The molecule has 9 heteroatoms. The highest BCUT2D eigenvalue weighted by Gasteiger charge is 2.47. The molecule has 1 fully saturated rings. The Morgan fingerprint density at radius 2 is 1.62 bits per heavy atom. The quantitative estimate of drug-likeness (QED) is 0.351. The summed E-state index contributed by atoms with van der Waals surface area (Å²) in [5.74, 6) is -0.689. The molecular weight excluding hydrogens is 475 g/mol. The minimum atomic E-state index is -0.950. The first-order valence-electron chi connectivity index (χ1n) is 7.81. The van der Waals surface area contributed by atoms with E-state index in [2.05, 4.69) is 22.6 Å². The number of thioether (sulfide) groups is 1. The third-order valence-corrected chi connectivity index (χ3v) is 5.24. The molecule has 1 heterocycles. The monoisotopic (exact) mass is 494 g/mol. The van der Waals surface area contributed by atoms with Crippen molar-refractivity contribution in [2.75, 3.05) is 5.75 Å². The van der Waals surface area contributed by atoms with Crippen molar-refractivity contribution in [2.45, 2.75) is 44.5 Å². The van der Waals surface area contributed by atoms with Crippen LogP contribution in [0.3, 0.4) is 0 Å². The topological polar surface area (TPSA) is 88.1 Å². The van der Waals surface area contributed by atoms with E-state index in [1.54, 1.807) is 6.07 Å². The minimum absolute atomic E-state index is 0.337. The number of carbonyl (C=O) groups is 3. The Balaban J connectivity index is 2.27. The summed E-state index contributed by atoms with van der Waals surface area (Å²) >= 11 is 3.49. The standard InChI is InChI=1S/C17H19IO7S/c1-9(19)22-14-8-26-17(25-13-6-4-5-12(18)7-13)16(24-11(3)21)15(14)23-10(2)20/h4-7,14-17H,8H2,1-3H3/t14-,15+,16-,17-/m1/s1. The maximum atomic E-state index is 11.6. The lowest BCUT2D eigenvalue weighted by atomic mass is 10.1. The highest BCUT2D eigenvalue weighted by atomic mass is 127. The van der Waals surface area contributed by atoms with Gasteiger partial charge in [-0.1, -0.05) is 6.07 Å². The average molecular weight is 494 g/mol. The van der Waals surface area contributed by atoms with Gasteiger partial charge in [0.1, 0.15) is 5.75 Å². The van der Waals surface area contributed by atoms with Crippen LogP contribution in [0.1, 0.15) is 20.8 Å². The van der Waals surface area contributed by atoms with Crippen molar-refractivity contribution in [3.8, 4) is 5.75 Å². The molecular formula is C17H19IO7S. The van der Waals surface area contributed by atoms with E-state index in [0.29, 0.717) is 11.5 Å². The second-order valence-corrected chi connectivity index (χ2v) is 7.95. The van der Waals surface area contributed by atoms with Crippen molar-refractivity contribution in [2.24, 2.45) is 0 Å². The van der Waals surface area contributed by atoms with Gasteiger partial charge in [0.2, 0.25) is 0 Å². The van der Waals surface area contributed by atoms with E-state index in [1.165, 1.54) is 32.5 Å². The van der Waals surface area contributed by atoms with Crippen molar-refractivity contribution in [1.82, 2.24) is 0 Å². The second kappa shape index (κ2) is 9.45. The fourth-order valence-corrected chi connectivity index (χ4v) is 4.22. The summed E-state index contributed by atoms with van der Waals surface area (Å²) in [7, 11) is 0. The Labute approximate surface area is 169 Å². The van der Waals surface area contributed by atoms with Gasteiger partial charge in [-0.25, -0.2) is 0 Å². The van der Waals surface area contributed by atoms with Crippen LogP contribution in [-0.4, -0.2) is 47.4 Å². The number of ether oxygens (including phenoxy) is 4. The molecule has 0 bridgehead atoms. The molecule has 1 aliphatic heterocycles. The maximum Gasteiger partial charge on any atom is 0.303 e. The number of rotatable bonds is 5. The molecule has 1 aliphatic rings. The van der Waals surface area contributed by atoms with Crippen LogP contribution in [0.4, 0.5) is 0 Å². The molecule has 0 saturated carbocycles. The molecule has 142 valence electrons. The largest absolute Gasteiger partial charge is 0.476 e. The van der Waals surface area contributed by atoms with Crippen molar-refractivity contribution in [3.05, 3.63) is 27.8 Å². The molecule has 1 aromatic rings. The number of benzene rings is 1. The highest BCUT2D eigenvalue weighted by Crippen LogP contribution is 2.34. The molecule has 0 aromatic heterocycles. The zero-order valence-corrected chi connectivity index (χ0v) is 17.4. The van der Waals surface area contributed by atoms with Gasteiger partial charge < -0.3 is 18.9 Å². The van der Waals surface area contributed by atoms with E-state index >= 15 is 0 Å². The van der Waals surface area contributed by atoms with E-state index in [9.17, 15) is 14.4 Å². The highest BCUT2D eigenvalue weighted by molar-refractivity contribution is 14.1. The molecule has 0 aliphatic carbocycles. The lowest BCUT2D eigenvalue weighted by Crippen LogP contribution is -2.55. The predicted molar refractivity (Wildman–Crippen MR) is 103 cm³/mol. The SMILES string of the molecule is CC(=O)O[C@@H]1[C@@H](OC(C)=O)[C@H](OC(C)=O)CS[C@H]1Oc1cccc(I)c1. The zero-order valence-electron chi connectivity index (χ0n) is 14.5. The van der Waals surface area contributed by atoms with E-state index in [-0.39, 0.29) is 0 Å². The van der Waals surface area contributed by atoms with Gasteiger partial charge in [-0.2, -0.15) is 0 Å². The van der Waals surface area contributed by atoms with Crippen molar-refractivity contribution >= 4 is 52.3 Å². The Morgan fingerprint density at radius 3 is 2.19 bits per heavy atom. The predicted octanol–water partition coefficient (Wildman–Crippen LogP) is 2.54. The molecule has 1 aromatic carbocycles. The molecule has 0 radical (unpaired) electrons. The number of esters is 3. The molecule has 1 saturated heterocycles. The normalized spacial score (nSPS) is 25.1. The lowest BCUT2D eigenvalue weighted by molar-refractivity contribution is -0.186. The maximum absolute atomic E-state index is 11.6. The van der Waals surface area contributed by atoms with E-state index in [1.807, 2.05) is 18.2 Å². The van der Waals surface area contributed by atoms with Gasteiger partial charge >= 0.3 is 17.9 Å². The molecule has 7 nitrogen and oxygen atoms in total. The molecule has 4 atom stereocenters. The number of hydrogen-bond donors (Lipinski definition) is 0. The van der Waals surface area contributed by atoms with Gasteiger partial charge in [0.05, 0.1) is 0 Å². The first-order chi connectivity index (χ1) is 12.3. The molecule has 0 spiro atoms. The van der Waals surface area contributed by atoms with Gasteiger partial charge in [0.15, 0.2) is 23.7 Å². The second-order valence-electron chi connectivity index (χ2n) is 5.57. The Kier molecular flexibility index (Phi) is 7.56. The van der Waals surface area contributed by atoms with Gasteiger partial charge in [0, 0.05) is 30.1 Å². The summed E-state index contributed by atoms with van der Waals surface area (Å²) < 4.78 is 22.9. The van der Waals surface area contributed by atoms with Crippen LogP contribution in [-0.2, 0) is 28.6 Å². The van der Waals surface area contributed by atoms with Crippen molar-refractivity contribution in [3.63, 3.8) is 0 Å². The smallest absolute Gasteiger partial charge is 0.303 e. The average Bonchev–Trinajstić information content (AvgIpc) is 2.51. The first kappa shape index (κ1) is 20.8. The number of carbonyl (C=O) groups excluding carboxylic acids is 3. The minimum Gasteiger partial charge on any atom is -0.476 e. The van der Waals surface area contributed by atoms with Crippen LogP contribution in [0.15, 0.2) is 24.3 Å². The summed E-state index contributed by atoms with van der Waals surface area (Å²) in [6, 6.07) is 7.39. The van der Waals surface area contributed by atoms with Crippen molar-refractivity contribution < 1.29 is 33.3 Å². The summed E-state index contributed by atoms with van der Waals surface area (Å²) in [5.41, 5.74) is -0.617. The van der Waals surface area contributed by atoms with E-state index < -0.39 is 41.7 Å². The van der Waals surface area contributed by atoms with E-state index in [4.69, 9.17) is 18.9 Å². The van der Waals surface area contributed by atoms with Crippen LogP contribution >= 0.6 is 34.4 Å². The van der Waals surface area contributed by atoms with Gasteiger partial charge in [-0.15, -0.1) is 11.8 Å². The fraction of sp³-hybridized carbons (Fsp3) is 0.471. The Morgan fingerprint density at radius 1 is 1.00 bits per heavy atom. The third kappa shape index (κ3) is 6.04. The molecule has 0 amide bonds. The Bertz CT molecular complexity index is 681. The zero-order chi connectivity index (χ0) is 19.3. The van der Waals surface area contributed by atoms with Gasteiger partial charge in [0.25, 0.3) is 0 Å². The third-order valence-electron chi connectivity index (χ3n) is 3.35. The summed E-state index contributed by atoms with van der Waals surface area (Å²) in [6.07, 6.45) is -2.60. The van der Waals surface area contributed by atoms with Crippen LogP contribution in [0.2, 0.25) is 0 Å². The molecule has 0 unspecified atom stereocenters. The molecule has 26 heavy (non-hydrogen) atoms. The fourth-order valence-electron chi connectivity index (χ4n) is 2.48. The number of hydrogen-bond acceptors (Lipinski definition) is 8. The van der Waals surface area contributed by atoms with Crippen LogP contribution in [0.5, 0.6) is 5.75 Å². The van der Waals surface area contributed by atoms with Crippen LogP contribution < -0.4 is 4.74 Å². The van der Waals surface area contributed by atoms with Crippen molar-refractivity contribution in [1.29, 1.82) is 0 Å². The number of halogens is 1. The molecule has 2 rings (SSSR count). The van der Waals surface area contributed by atoms with Gasteiger partial charge in [-0.3, -0.25) is 14.4 Å². The summed E-state index contributed by atoms with van der Waals surface area (Å²) in [6.45, 7) is 3.77. The first-order valence-corrected chi connectivity index (χ1v) is 9.94.